The molecule has 0 spiro atoms. The molecule has 104 valence electrons. The number of aromatic nitrogens is 1. The van der Waals surface area contributed by atoms with Gasteiger partial charge in [0.1, 0.15) is 11.3 Å². The van der Waals surface area contributed by atoms with E-state index in [0.717, 1.165) is 0 Å². The highest BCUT2D eigenvalue weighted by Crippen LogP contribution is 2.30. The van der Waals surface area contributed by atoms with Crippen molar-refractivity contribution >= 4 is 28.5 Å². The van der Waals surface area contributed by atoms with Crippen LogP contribution in [0.3, 0.4) is 0 Å². The van der Waals surface area contributed by atoms with Crippen LogP contribution in [-0.2, 0) is 0 Å². The molecule has 3 aromatic rings. The summed E-state index contributed by atoms with van der Waals surface area (Å²) in [5.41, 5.74) is 8.77. The van der Waals surface area contributed by atoms with Crippen molar-refractivity contribution in [2.75, 3.05) is 18.2 Å². The first-order valence-electron chi connectivity index (χ1n) is 6.21. The minimum atomic E-state index is 0.311. The van der Waals surface area contributed by atoms with Crippen LogP contribution in [0, 0.1) is 11.3 Å². The fraction of sp³-hybridized carbons (Fsp3) is 0.0667. The zero-order valence-corrected chi connectivity index (χ0v) is 11.3. The molecule has 0 saturated heterocycles. The van der Waals surface area contributed by atoms with Crippen molar-refractivity contribution in [1.29, 1.82) is 5.26 Å². The maximum atomic E-state index is 8.89. The number of para-hydroxylation sites is 1. The summed E-state index contributed by atoms with van der Waals surface area (Å²) in [6.45, 7) is 0. The van der Waals surface area contributed by atoms with Crippen LogP contribution in [0.1, 0.15) is 5.56 Å². The van der Waals surface area contributed by atoms with E-state index in [-0.39, 0.29) is 0 Å². The molecule has 1 heterocycles. The minimum absolute atomic E-state index is 0.311. The van der Waals surface area contributed by atoms with Crippen molar-refractivity contribution in [3.8, 4) is 11.8 Å². The molecule has 0 aliphatic rings. The number of fused-ring (bicyclic) bond motifs is 1. The normalized spacial score (nSPS) is 10.3. The van der Waals surface area contributed by atoms with Crippen LogP contribution >= 0.6 is 0 Å². The van der Waals surface area contributed by atoms with E-state index in [1.54, 1.807) is 36.4 Å². The van der Waals surface area contributed by atoms with E-state index in [9.17, 15) is 0 Å². The van der Waals surface area contributed by atoms with Crippen LogP contribution in [0.4, 0.5) is 17.4 Å². The van der Waals surface area contributed by atoms with E-state index < -0.39 is 0 Å². The highest BCUT2D eigenvalue weighted by Gasteiger charge is 2.11. The van der Waals surface area contributed by atoms with E-state index in [4.69, 9.17) is 20.1 Å². The van der Waals surface area contributed by atoms with Gasteiger partial charge in [-0.3, -0.25) is 0 Å². The Morgan fingerprint density at radius 1 is 1.33 bits per heavy atom. The van der Waals surface area contributed by atoms with Crippen molar-refractivity contribution in [3.63, 3.8) is 0 Å². The summed E-state index contributed by atoms with van der Waals surface area (Å²) in [6.07, 6.45) is 0. The number of hydrogen-bond donors (Lipinski definition) is 2. The fourth-order valence-corrected chi connectivity index (χ4v) is 2.00. The molecular formula is C15H12N4O2. The van der Waals surface area contributed by atoms with Crippen molar-refractivity contribution in [3.05, 3.63) is 42.0 Å². The van der Waals surface area contributed by atoms with Gasteiger partial charge in [-0.1, -0.05) is 6.07 Å². The summed E-state index contributed by atoms with van der Waals surface area (Å²) in [7, 11) is 1.53. The summed E-state index contributed by atoms with van der Waals surface area (Å²) in [6, 6.07) is 12.8. The number of anilines is 3. The first kappa shape index (κ1) is 12.8. The first-order chi connectivity index (χ1) is 10.2. The molecule has 1 aromatic heterocycles. The van der Waals surface area contributed by atoms with Gasteiger partial charge in [-0.05, 0) is 24.3 Å². The molecule has 21 heavy (non-hydrogen) atoms. The molecule has 0 aliphatic carbocycles. The third-order valence-corrected chi connectivity index (χ3v) is 3.02. The van der Waals surface area contributed by atoms with Gasteiger partial charge in [-0.2, -0.15) is 10.2 Å². The lowest BCUT2D eigenvalue weighted by atomic mass is 10.2. The van der Waals surface area contributed by atoms with Gasteiger partial charge in [0.15, 0.2) is 5.58 Å². The Kier molecular flexibility index (Phi) is 3.09. The van der Waals surface area contributed by atoms with Crippen molar-refractivity contribution < 1.29 is 9.15 Å². The Balaban J connectivity index is 1.99. The Bertz CT molecular complexity index is 848. The average molecular weight is 280 g/mol. The molecule has 6 nitrogen and oxygen atoms in total. The third-order valence-electron chi connectivity index (χ3n) is 3.02. The van der Waals surface area contributed by atoms with Gasteiger partial charge in [-0.15, -0.1) is 0 Å². The van der Waals surface area contributed by atoms with E-state index in [1.807, 2.05) is 0 Å². The van der Waals surface area contributed by atoms with E-state index >= 15 is 0 Å². The monoisotopic (exact) mass is 280 g/mol. The van der Waals surface area contributed by atoms with Gasteiger partial charge in [-0.25, -0.2) is 0 Å². The van der Waals surface area contributed by atoms with Crippen LogP contribution in [0.5, 0.6) is 5.75 Å². The number of benzene rings is 2. The van der Waals surface area contributed by atoms with Gasteiger partial charge in [0.2, 0.25) is 0 Å². The van der Waals surface area contributed by atoms with Crippen molar-refractivity contribution in [2.45, 2.75) is 0 Å². The van der Waals surface area contributed by atoms with Crippen LogP contribution in [0.2, 0.25) is 0 Å². The van der Waals surface area contributed by atoms with E-state index in [1.165, 1.54) is 7.11 Å². The predicted octanol–water partition coefficient (Wildman–Crippen LogP) is 3.03. The molecule has 3 N–H and O–H groups in total. The number of nitrogen functional groups attached to an aromatic ring is 1. The number of oxazole rings is 1. The second-order valence-corrected chi connectivity index (χ2v) is 4.36. The molecule has 0 amide bonds. The third kappa shape index (κ3) is 2.32. The molecule has 0 aliphatic heterocycles. The molecule has 6 heteroatoms. The second kappa shape index (κ2) is 5.06. The fourth-order valence-electron chi connectivity index (χ4n) is 2.00. The minimum Gasteiger partial charge on any atom is -0.495 e. The quantitative estimate of drug-likeness (QED) is 0.716. The molecule has 2 aromatic carbocycles. The summed E-state index contributed by atoms with van der Waals surface area (Å²) in [5.74, 6) is 0.532. The van der Waals surface area contributed by atoms with Gasteiger partial charge in [0.25, 0.3) is 6.01 Å². The highest BCUT2D eigenvalue weighted by molar-refractivity contribution is 5.86. The van der Waals surface area contributed by atoms with E-state index in [2.05, 4.69) is 16.4 Å². The number of nitriles is 1. The van der Waals surface area contributed by atoms with Crippen LogP contribution in [0.15, 0.2) is 40.8 Å². The maximum Gasteiger partial charge on any atom is 0.300 e. The molecule has 0 bridgehead atoms. The Labute approximate surface area is 120 Å². The zero-order valence-electron chi connectivity index (χ0n) is 11.3. The number of ether oxygens (including phenoxy) is 1. The lowest BCUT2D eigenvalue weighted by Crippen LogP contribution is -1.95. The standard InChI is InChI=1S/C15H12N4O2/c1-20-13-7-9(8-16)5-6-11(13)18-15-19-14-10(17)3-2-4-12(14)21-15/h2-7H,17H2,1H3,(H,18,19). The molecule has 0 unspecified atom stereocenters. The SMILES string of the molecule is COc1cc(C#N)ccc1Nc1nc2c(N)cccc2o1. The van der Waals surface area contributed by atoms with Gasteiger partial charge < -0.3 is 20.2 Å². The van der Waals surface area contributed by atoms with Crippen molar-refractivity contribution in [1.82, 2.24) is 4.98 Å². The number of rotatable bonds is 3. The Hall–Kier alpha value is -3.20. The first-order valence-corrected chi connectivity index (χ1v) is 6.21. The second-order valence-electron chi connectivity index (χ2n) is 4.36. The van der Waals surface area contributed by atoms with Crippen LogP contribution < -0.4 is 15.8 Å². The largest absolute Gasteiger partial charge is 0.495 e. The summed E-state index contributed by atoms with van der Waals surface area (Å²) in [4.78, 5) is 4.30. The lowest BCUT2D eigenvalue weighted by Gasteiger charge is -2.08. The average Bonchev–Trinajstić information content (AvgIpc) is 2.91. The van der Waals surface area contributed by atoms with Crippen LogP contribution in [0.25, 0.3) is 11.1 Å². The predicted molar refractivity (Wildman–Crippen MR) is 79.4 cm³/mol. The summed E-state index contributed by atoms with van der Waals surface area (Å²) >= 11 is 0. The molecule has 0 fully saturated rings. The Morgan fingerprint density at radius 3 is 2.90 bits per heavy atom. The van der Waals surface area contributed by atoms with Gasteiger partial charge in [0, 0.05) is 6.07 Å². The molecule has 0 atom stereocenters. The number of nitrogens with zero attached hydrogens (tertiary/aromatic N) is 2. The van der Waals surface area contributed by atoms with E-state index in [0.29, 0.717) is 39.8 Å². The Morgan fingerprint density at radius 2 is 2.19 bits per heavy atom. The summed E-state index contributed by atoms with van der Waals surface area (Å²) in [5, 5.41) is 11.9. The highest BCUT2D eigenvalue weighted by atomic mass is 16.5. The number of hydrogen-bond acceptors (Lipinski definition) is 6. The number of methoxy groups -OCH3 is 1. The van der Waals surface area contributed by atoms with Gasteiger partial charge in [0.05, 0.1) is 30.1 Å². The number of nitrogens with two attached hydrogens (primary N) is 1. The maximum absolute atomic E-state index is 8.89. The lowest BCUT2D eigenvalue weighted by molar-refractivity contribution is 0.416. The molecule has 3 rings (SSSR count). The zero-order chi connectivity index (χ0) is 14.8. The van der Waals surface area contributed by atoms with Crippen molar-refractivity contribution in [2.24, 2.45) is 0 Å². The number of nitrogens with one attached hydrogen (secondary N) is 1. The molecular weight excluding hydrogens is 268 g/mol. The summed E-state index contributed by atoms with van der Waals surface area (Å²) < 4.78 is 10.8. The molecule has 0 saturated carbocycles. The van der Waals surface area contributed by atoms with Gasteiger partial charge >= 0.3 is 0 Å². The topological polar surface area (TPSA) is 97.1 Å². The molecule has 0 radical (unpaired) electrons. The van der Waals surface area contributed by atoms with Crippen LogP contribution in [-0.4, -0.2) is 12.1 Å². The smallest absolute Gasteiger partial charge is 0.300 e.